The first-order valence-electron chi connectivity index (χ1n) is 13.7. The van der Waals surface area contributed by atoms with Crippen LogP contribution in [0.2, 0.25) is 0 Å². The predicted octanol–water partition coefficient (Wildman–Crippen LogP) is 5.23. The molecule has 4 aromatic rings. The lowest BCUT2D eigenvalue weighted by molar-refractivity contribution is -0.140. The number of aromatic nitrogens is 2. The number of carbonyl (C=O) groups is 1. The Balaban J connectivity index is 1.37. The summed E-state index contributed by atoms with van der Waals surface area (Å²) in [4.78, 5) is 16.5. The van der Waals surface area contributed by atoms with Crippen LogP contribution in [0, 0.1) is 0 Å². The molecule has 0 amide bonds. The Labute approximate surface area is 235 Å². The van der Waals surface area contributed by atoms with Gasteiger partial charge in [-0.3, -0.25) is 14.6 Å². The Morgan fingerprint density at radius 2 is 1.75 bits per heavy atom. The number of ether oxygens (including phenoxy) is 1. The zero-order valence-electron chi connectivity index (χ0n) is 23.2. The molecular weight excluding hydrogens is 504 g/mol. The molecule has 3 aromatic carbocycles. The van der Waals surface area contributed by atoms with Crippen LogP contribution in [0.5, 0.6) is 5.75 Å². The fourth-order valence-corrected chi connectivity index (χ4v) is 5.48. The van der Waals surface area contributed by atoms with Gasteiger partial charge in [-0.1, -0.05) is 54.6 Å². The summed E-state index contributed by atoms with van der Waals surface area (Å²) in [6.07, 6.45) is 0.529. The van der Waals surface area contributed by atoms with Crippen LogP contribution in [0.15, 0.2) is 83.3 Å². The number of hydrogen-bond donors (Lipinski definition) is 1. The number of carbonyl (C=O) groups excluding carboxylic acids is 1. The molecule has 0 aliphatic carbocycles. The number of aryl methyl sites for hydroxylation is 1. The van der Waals surface area contributed by atoms with E-state index in [1.54, 1.807) is 6.07 Å². The van der Waals surface area contributed by atoms with E-state index in [1.165, 1.54) is 12.7 Å². The normalized spacial score (nSPS) is 18.9. The SMILES string of the molecule is COC(=O)CCc1nnc(-c2ccc([C@H](c3cccc(O)c3)N3C[C@@H](C)N(Cc4ccccc4)C[C@@H]3C)cc2)o1. The van der Waals surface area contributed by atoms with Crippen LogP contribution < -0.4 is 0 Å². The molecule has 5 rings (SSSR count). The van der Waals surface area contributed by atoms with Crippen molar-refractivity contribution >= 4 is 5.97 Å². The van der Waals surface area contributed by atoms with Crippen LogP contribution >= 0.6 is 0 Å². The molecule has 1 fully saturated rings. The van der Waals surface area contributed by atoms with Crippen molar-refractivity contribution in [1.29, 1.82) is 0 Å². The van der Waals surface area contributed by atoms with Crippen molar-refractivity contribution in [3.8, 4) is 17.2 Å². The fraction of sp³-hybridized carbons (Fsp3) is 0.344. The number of methoxy groups -OCH3 is 1. The Morgan fingerprint density at radius 1 is 0.975 bits per heavy atom. The summed E-state index contributed by atoms with van der Waals surface area (Å²) in [7, 11) is 1.36. The first kappa shape index (κ1) is 27.6. The topological polar surface area (TPSA) is 91.9 Å². The van der Waals surface area contributed by atoms with E-state index in [0.717, 1.165) is 36.3 Å². The smallest absolute Gasteiger partial charge is 0.306 e. The van der Waals surface area contributed by atoms with Crippen LogP contribution in [0.3, 0.4) is 0 Å². The van der Waals surface area contributed by atoms with Gasteiger partial charge in [0, 0.05) is 43.7 Å². The van der Waals surface area contributed by atoms with Gasteiger partial charge in [0.05, 0.1) is 19.6 Å². The molecule has 2 heterocycles. The van der Waals surface area contributed by atoms with E-state index in [2.05, 4.69) is 87.1 Å². The molecule has 1 aliphatic heterocycles. The summed E-state index contributed by atoms with van der Waals surface area (Å²) < 4.78 is 10.5. The van der Waals surface area contributed by atoms with Crippen molar-refractivity contribution in [2.75, 3.05) is 20.2 Å². The van der Waals surface area contributed by atoms with Gasteiger partial charge in [0.2, 0.25) is 11.8 Å². The number of rotatable bonds is 9. The zero-order chi connectivity index (χ0) is 28.1. The maximum absolute atomic E-state index is 11.4. The number of benzene rings is 3. The van der Waals surface area contributed by atoms with Gasteiger partial charge < -0.3 is 14.3 Å². The van der Waals surface area contributed by atoms with Gasteiger partial charge in [-0.15, -0.1) is 10.2 Å². The minimum absolute atomic E-state index is 0.0317. The lowest BCUT2D eigenvalue weighted by Crippen LogP contribution is -2.56. The molecule has 8 heteroatoms. The number of esters is 1. The van der Waals surface area contributed by atoms with Crippen molar-refractivity contribution < 1.29 is 19.1 Å². The molecule has 0 saturated carbocycles. The molecule has 1 aliphatic rings. The van der Waals surface area contributed by atoms with Crippen LogP contribution in [0.25, 0.3) is 11.5 Å². The van der Waals surface area contributed by atoms with E-state index >= 15 is 0 Å². The van der Waals surface area contributed by atoms with Crippen LogP contribution in [0.1, 0.15) is 48.9 Å². The molecule has 8 nitrogen and oxygen atoms in total. The molecular formula is C32H36N4O4. The summed E-state index contributed by atoms with van der Waals surface area (Å²) in [6, 6.07) is 27.0. The molecule has 3 atom stereocenters. The highest BCUT2D eigenvalue weighted by molar-refractivity contribution is 5.69. The number of hydrogen-bond acceptors (Lipinski definition) is 8. The molecule has 0 unspecified atom stereocenters. The van der Waals surface area contributed by atoms with E-state index in [-0.39, 0.29) is 24.2 Å². The fourth-order valence-electron chi connectivity index (χ4n) is 5.48. The Kier molecular flexibility index (Phi) is 8.57. The van der Waals surface area contributed by atoms with Gasteiger partial charge >= 0.3 is 5.97 Å². The number of aromatic hydroxyl groups is 1. The predicted molar refractivity (Wildman–Crippen MR) is 153 cm³/mol. The quantitative estimate of drug-likeness (QED) is 0.289. The van der Waals surface area contributed by atoms with E-state index in [1.807, 2.05) is 24.3 Å². The lowest BCUT2D eigenvalue weighted by atomic mass is 9.92. The monoisotopic (exact) mass is 540 g/mol. The standard InChI is InChI=1S/C32H36N4O4/c1-22-20-36(23(2)19-35(22)21-24-8-5-4-6-9-24)31(27-10-7-11-28(37)18-27)25-12-14-26(15-13-25)32-34-33-29(40-32)16-17-30(38)39-3/h4-15,18,22-23,31,37H,16-17,19-21H2,1-3H3/t22-,23+,31-/m1/s1. The number of piperazine rings is 1. The summed E-state index contributed by atoms with van der Waals surface area (Å²) in [5, 5.41) is 18.6. The van der Waals surface area contributed by atoms with Crippen molar-refractivity contribution in [2.45, 2.75) is 51.4 Å². The average Bonchev–Trinajstić information content (AvgIpc) is 3.44. The summed E-state index contributed by atoms with van der Waals surface area (Å²) in [5.74, 6) is 0.759. The molecule has 0 bridgehead atoms. The summed E-state index contributed by atoms with van der Waals surface area (Å²) >= 11 is 0. The first-order valence-corrected chi connectivity index (χ1v) is 13.7. The largest absolute Gasteiger partial charge is 0.508 e. The van der Waals surface area contributed by atoms with Crippen LogP contribution in [-0.2, 0) is 22.5 Å². The van der Waals surface area contributed by atoms with E-state index in [0.29, 0.717) is 30.3 Å². The highest BCUT2D eigenvalue weighted by Gasteiger charge is 2.35. The number of nitrogens with zero attached hydrogens (tertiary/aromatic N) is 4. The van der Waals surface area contributed by atoms with E-state index in [4.69, 9.17) is 4.42 Å². The van der Waals surface area contributed by atoms with Crippen molar-refractivity contribution in [1.82, 2.24) is 20.0 Å². The highest BCUT2D eigenvalue weighted by atomic mass is 16.5. The van der Waals surface area contributed by atoms with Gasteiger partial charge in [0.15, 0.2) is 0 Å². The number of phenolic OH excluding ortho intramolecular Hbond substituents is 1. The van der Waals surface area contributed by atoms with Crippen LogP contribution in [0.4, 0.5) is 0 Å². The maximum atomic E-state index is 11.4. The van der Waals surface area contributed by atoms with E-state index in [9.17, 15) is 9.90 Å². The molecule has 0 spiro atoms. The second-order valence-corrected chi connectivity index (χ2v) is 10.5. The maximum Gasteiger partial charge on any atom is 0.306 e. The third kappa shape index (κ3) is 6.41. The highest BCUT2D eigenvalue weighted by Crippen LogP contribution is 2.35. The molecule has 1 saturated heterocycles. The minimum atomic E-state index is -0.313. The van der Waals surface area contributed by atoms with Crippen molar-refractivity contribution in [3.63, 3.8) is 0 Å². The molecule has 208 valence electrons. The Hall–Kier alpha value is -4.01. The third-order valence-corrected chi connectivity index (χ3v) is 7.62. The summed E-state index contributed by atoms with van der Waals surface area (Å²) in [5.41, 5.74) is 4.30. The molecule has 1 aromatic heterocycles. The van der Waals surface area contributed by atoms with Gasteiger partial charge in [-0.25, -0.2) is 0 Å². The van der Waals surface area contributed by atoms with Crippen LogP contribution in [-0.4, -0.2) is 63.4 Å². The van der Waals surface area contributed by atoms with E-state index < -0.39 is 0 Å². The lowest BCUT2D eigenvalue weighted by Gasteiger charge is -2.47. The zero-order valence-corrected chi connectivity index (χ0v) is 23.2. The average molecular weight is 541 g/mol. The third-order valence-electron chi connectivity index (χ3n) is 7.62. The van der Waals surface area contributed by atoms with Gasteiger partial charge in [0.1, 0.15) is 5.75 Å². The number of phenols is 1. The minimum Gasteiger partial charge on any atom is -0.508 e. The van der Waals surface area contributed by atoms with Crippen molar-refractivity contribution in [3.05, 3.63) is 101 Å². The summed E-state index contributed by atoms with van der Waals surface area (Å²) in [6.45, 7) is 7.33. The molecule has 0 radical (unpaired) electrons. The second kappa shape index (κ2) is 12.4. The molecule has 1 N–H and O–H groups in total. The molecule has 40 heavy (non-hydrogen) atoms. The Morgan fingerprint density at radius 3 is 2.48 bits per heavy atom. The van der Waals surface area contributed by atoms with Gasteiger partial charge in [0.25, 0.3) is 0 Å². The first-order chi connectivity index (χ1) is 19.4. The van der Waals surface area contributed by atoms with Gasteiger partial charge in [-0.2, -0.15) is 0 Å². The van der Waals surface area contributed by atoms with Crippen molar-refractivity contribution in [2.24, 2.45) is 0 Å². The van der Waals surface area contributed by atoms with Gasteiger partial charge in [-0.05, 0) is 54.8 Å². The second-order valence-electron chi connectivity index (χ2n) is 10.5. The Bertz CT molecular complexity index is 1410.